The molecule has 3 amide bonds. The summed E-state index contributed by atoms with van der Waals surface area (Å²) in [7, 11) is 0. The average molecular weight is 445 g/mol. The molecule has 20 heavy (non-hydrogen) atoms. The standard InChI is InChI=1S/C14H17N2O3.W/c1-3-5-7-10(6-4-2)13(18)15-11-8-9-12(17)16-14(11)19;/h3-5,7,11H,8-9H2,1-2H3,(H,15,18)(H,16,17,19);/q-1;/b5-3-,10-7+;. The van der Waals surface area contributed by atoms with E-state index in [1.54, 1.807) is 31.2 Å². The second kappa shape index (κ2) is 9.43. The third-order valence-electron chi connectivity index (χ3n) is 2.54. The molecule has 1 fully saturated rings. The fourth-order valence-corrected chi connectivity index (χ4v) is 1.60. The minimum absolute atomic E-state index is 0. The first-order valence-electron chi connectivity index (χ1n) is 6.10. The van der Waals surface area contributed by atoms with Crippen molar-refractivity contribution in [2.75, 3.05) is 0 Å². The fraction of sp³-hybridized carbons (Fsp3) is 0.357. The second-order valence-electron chi connectivity index (χ2n) is 4.02. The van der Waals surface area contributed by atoms with Gasteiger partial charge in [-0.15, -0.1) is 17.7 Å². The van der Waals surface area contributed by atoms with E-state index in [1.165, 1.54) is 0 Å². The maximum atomic E-state index is 12.0. The molecule has 6 heteroatoms. The number of imide groups is 1. The maximum Gasteiger partial charge on any atom is 0.248 e. The van der Waals surface area contributed by atoms with Crippen LogP contribution >= 0.6 is 0 Å². The molecule has 1 rings (SSSR count). The molecule has 1 saturated heterocycles. The Labute approximate surface area is 132 Å². The van der Waals surface area contributed by atoms with Gasteiger partial charge in [-0.2, -0.15) is 12.2 Å². The summed E-state index contributed by atoms with van der Waals surface area (Å²) < 4.78 is 0. The van der Waals surface area contributed by atoms with Gasteiger partial charge in [-0.3, -0.25) is 14.9 Å². The van der Waals surface area contributed by atoms with Crippen LogP contribution in [-0.4, -0.2) is 23.8 Å². The van der Waals surface area contributed by atoms with E-state index < -0.39 is 11.9 Å². The van der Waals surface area contributed by atoms with Gasteiger partial charge in [0.25, 0.3) is 0 Å². The molecule has 1 aliphatic rings. The SMILES string of the molecule is CC=[C-]/C(=C\C=C/C)C(=O)NC1CCC(=O)NC1=O.[W]. The molecule has 0 aliphatic carbocycles. The van der Waals surface area contributed by atoms with Crippen LogP contribution in [-0.2, 0) is 35.4 Å². The minimum atomic E-state index is -0.669. The van der Waals surface area contributed by atoms with Crippen molar-refractivity contribution in [2.24, 2.45) is 0 Å². The molecule has 108 valence electrons. The summed E-state index contributed by atoms with van der Waals surface area (Å²) in [5, 5.41) is 4.79. The normalized spacial score (nSPS) is 19.9. The summed E-state index contributed by atoms with van der Waals surface area (Å²) in [5.74, 6) is -1.15. The molecule has 0 aromatic heterocycles. The summed E-state index contributed by atoms with van der Waals surface area (Å²) >= 11 is 0. The topological polar surface area (TPSA) is 75.3 Å². The van der Waals surface area contributed by atoms with Crippen LogP contribution in [0.3, 0.4) is 0 Å². The van der Waals surface area contributed by atoms with Gasteiger partial charge in [0.15, 0.2) is 0 Å². The largest absolute Gasteiger partial charge is 0.394 e. The number of carbonyl (C=O) groups excluding carboxylic acids is 3. The van der Waals surface area contributed by atoms with Crippen molar-refractivity contribution < 1.29 is 35.4 Å². The van der Waals surface area contributed by atoms with Crippen molar-refractivity contribution in [3.8, 4) is 0 Å². The number of allylic oxidation sites excluding steroid dienone is 4. The van der Waals surface area contributed by atoms with Crippen molar-refractivity contribution in [3.63, 3.8) is 0 Å². The van der Waals surface area contributed by atoms with E-state index in [9.17, 15) is 14.4 Å². The molecule has 1 unspecified atom stereocenters. The summed E-state index contributed by atoms with van der Waals surface area (Å²) in [6.07, 6.45) is 10.1. The van der Waals surface area contributed by atoms with E-state index in [-0.39, 0.29) is 39.3 Å². The van der Waals surface area contributed by atoms with Crippen LogP contribution < -0.4 is 10.6 Å². The number of hydrogen-bond acceptors (Lipinski definition) is 3. The van der Waals surface area contributed by atoms with Crippen LogP contribution in [0, 0.1) is 6.08 Å². The average Bonchev–Trinajstić information content (AvgIpc) is 2.37. The van der Waals surface area contributed by atoms with Crippen LogP contribution in [0.25, 0.3) is 0 Å². The number of nitrogens with one attached hydrogen (secondary N) is 2. The quantitative estimate of drug-likeness (QED) is 0.291. The van der Waals surface area contributed by atoms with Gasteiger partial charge in [0.1, 0.15) is 5.91 Å². The Bertz CT molecular complexity index is 467. The van der Waals surface area contributed by atoms with Crippen LogP contribution in [0.2, 0.25) is 0 Å². The Morgan fingerprint density at radius 1 is 1.40 bits per heavy atom. The van der Waals surface area contributed by atoms with Crippen LogP contribution in [0.5, 0.6) is 0 Å². The van der Waals surface area contributed by atoms with Crippen molar-refractivity contribution in [1.82, 2.24) is 10.6 Å². The summed E-state index contributed by atoms with van der Waals surface area (Å²) in [6, 6.07) is -0.669. The minimum Gasteiger partial charge on any atom is -0.394 e. The zero-order valence-corrected chi connectivity index (χ0v) is 14.4. The van der Waals surface area contributed by atoms with Gasteiger partial charge in [-0.1, -0.05) is 13.0 Å². The molecule has 1 heterocycles. The number of rotatable bonds is 4. The van der Waals surface area contributed by atoms with Gasteiger partial charge in [-0.25, -0.2) is 0 Å². The van der Waals surface area contributed by atoms with Gasteiger partial charge >= 0.3 is 0 Å². The first-order chi connectivity index (χ1) is 9.08. The van der Waals surface area contributed by atoms with E-state index >= 15 is 0 Å². The predicted molar refractivity (Wildman–Crippen MR) is 70.7 cm³/mol. The summed E-state index contributed by atoms with van der Waals surface area (Å²) in [4.78, 5) is 34.5. The first-order valence-corrected chi connectivity index (χ1v) is 6.10. The molecule has 1 aliphatic heterocycles. The first kappa shape index (κ1) is 18.5. The summed E-state index contributed by atoms with van der Waals surface area (Å²) in [6.45, 7) is 3.59. The molecule has 2 N–H and O–H groups in total. The molecule has 5 nitrogen and oxygen atoms in total. The van der Waals surface area contributed by atoms with Crippen LogP contribution in [0.1, 0.15) is 26.7 Å². The number of hydrogen-bond donors (Lipinski definition) is 2. The van der Waals surface area contributed by atoms with Gasteiger partial charge in [0.05, 0.1) is 6.04 Å². The van der Waals surface area contributed by atoms with Crippen molar-refractivity contribution >= 4 is 17.7 Å². The predicted octanol–water partition coefficient (Wildman–Crippen LogP) is 0.787. The summed E-state index contributed by atoms with van der Waals surface area (Å²) in [5.41, 5.74) is 0.338. The molecule has 1 atom stereocenters. The molecule has 0 spiro atoms. The Hall–Kier alpha value is -1.48. The van der Waals surface area contributed by atoms with Gasteiger partial charge < -0.3 is 10.1 Å². The third kappa shape index (κ3) is 5.66. The number of piperidine rings is 1. The Kier molecular flexibility index (Phi) is 8.73. The monoisotopic (exact) mass is 445 g/mol. The number of amides is 3. The smallest absolute Gasteiger partial charge is 0.248 e. The molecular formula is C14H17N2O3W-. The van der Waals surface area contributed by atoms with E-state index in [0.29, 0.717) is 12.0 Å². The zero-order chi connectivity index (χ0) is 14.3. The molecule has 0 bridgehead atoms. The molecule has 0 saturated carbocycles. The molecular weight excluding hydrogens is 428 g/mol. The Balaban J connectivity index is 0.00000361. The van der Waals surface area contributed by atoms with Gasteiger partial charge in [0, 0.05) is 27.5 Å². The van der Waals surface area contributed by atoms with Gasteiger partial charge in [0.2, 0.25) is 11.8 Å². The van der Waals surface area contributed by atoms with E-state index in [2.05, 4.69) is 16.7 Å². The van der Waals surface area contributed by atoms with Crippen LogP contribution in [0.15, 0.2) is 29.9 Å². The maximum absolute atomic E-state index is 12.0. The van der Waals surface area contributed by atoms with E-state index in [0.717, 1.165) is 0 Å². The van der Waals surface area contributed by atoms with Gasteiger partial charge in [-0.05, 0) is 13.3 Å². The fourth-order valence-electron chi connectivity index (χ4n) is 1.60. The van der Waals surface area contributed by atoms with Crippen molar-refractivity contribution in [1.29, 1.82) is 0 Å². The zero-order valence-electron chi connectivity index (χ0n) is 11.4. The third-order valence-corrected chi connectivity index (χ3v) is 2.54. The van der Waals surface area contributed by atoms with E-state index in [1.807, 2.05) is 6.92 Å². The Morgan fingerprint density at radius 2 is 2.10 bits per heavy atom. The van der Waals surface area contributed by atoms with Crippen molar-refractivity contribution in [3.05, 3.63) is 36.0 Å². The molecule has 0 radical (unpaired) electrons. The van der Waals surface area contributed by atoms with Crippen LogP contribution in [0.4, 0.5) is 0 Å². The van der Waals surface area contributed by atoms with E-state index in [4.69, 9.17) is 0 Å². The Morgan fingerprint density at radius 3 is 2.65 bits per heavy atom. The number of carbonyl (C=O) groups is 3. The second-order valence-corrected chi connectivity index (χ2v) is 4.02. The molecule has 0 aromatic rings. The van der Waals surface area contributed by atoms with Crippen molar-refractivity contribution in [2.45, 2.75) is 32.7 Å². The molecule has 0 aromatic carbocycles.